The molecule has 2 heterocycles. The summed E-state index contributed by atoms with van der Waals surface area (Å²) in [7, 11) is 0. The summed E-state index contributed by atoms with van der Waals surface area (Å²) in [4.78, 5) is 17.1. The third-order valence-corrected chi connectivity index (χ3v) is 4.46. The molecule has 0 unspecified atom stereocenters. The number of amides is 2. The Morgan fingerprint density at radius 1 is 1.17 bits per heavy atom. The number of aromatic nitrogens is 1. The number of pyridine rings is 1. The number of aliphatic hydroxyl groups excluding tert-OH is 1. The lowest BCUT2D eigenvalue weighted by atomic mass is 10.1. The number of aliphatic hydroxyl groups is 1. The van der Waals surface area contributed by atoms with E-state index in [1.165, 1.54) is 11.3 Å². The van der Waals surface area contributed by atoms with Crippen molar-refractivity contribution in [3.63, 3.8) is 0 Å². The van der Waals surface area contributed by atoms with Crippen LogP contribution in [-0.4, -0.2) is 22.7 Å². The van der Waals surface area contributed by atoms with E-state index < -0.39 is 6.10 Å². The van der Waals surface area contributed by atoms with Gasteiger partial charge in [-0.2, -0.15) is 0 Å². The second-order valence-corrected chi connectivity index (χ2v) is 6.07. The Labute approximate surface area is 138 Å². The first-order chi connectivity index (χ1) is 11.2. The highest BCUT2D eigenvalue weighted by Crippen LogP contribution is 2.18. The molecule has 2 aromatic heterocycles. The topological polar surface area (TPSA) is 74.2 Å². The number of para-hydroxylation sites is 1. The predicted molar refractivity (Wildman–Crippen MR) is 91.3 cm³/mol. The Bertz CT molecular complexity index is 784. The largest absolute Gasteiger partial charge is 0.386 e. The molecule has 0 aliphatic rings. The van der Waals surface area contributed by atoms with Gasteiger partial charge in [-0.25, -0.2) is 4.79 Å². The number of rotatable bonds is 5. The fourth-order valence-electron chi connectivity index (χ4n) is 2.32. The van der Waals surface area contributed by atoms with Gasteiger partial charge in [0.15, 0.2) is 0 Å². The van der Waals surface area contributed by atoms with E-state index in [9.17, 15) is 9.90 Å². The fourth-order valence-corrected chi connectivity index (χ4v) is 3.03. The van der Waals surface area contributed by atoms with Gasteiger partial charge in [0.1, 0.15) is 6.10 Å². The maximum Gasteiger partial charge on any atom is 0.315 e. The van der Waals surface area contributed by atoms with E-state index in [1.807, 2.05) is 47.8 Å². The van der Waals surface area contributed by atoms with Gasteiger partial charge in [0.2, 0.25) is 0 Å². The lowest BCUT2D eigenvalue weighted by molar-refractivity contribution is 0.176. The van der Waals surface area contributed by atoms with Gasteiger partial charge >= 0.3 is 6.03 Å². The summed E-state index contributed by atoms with van der Waals surface area (Å²) < 4.78 is 0. The molecule has 0 saturated heterocycles. The highest BCUT2D eigenvalue weighted by atomic mass is 32.1. The zero-order valence-electron chi connectivity index (χ0n) is 12.4. The summed E-state index contributed by atoms with van der Waals surface area (Å²) in [6, 6.07) is 13.2. The summed E-state index contributed by atoms with van der Waals surface area (Å²) in [6.07, 6.45) is 1.06. The Morgan fingerprint density at radius 3 is 2.87 bits per heavy atom. The first-order valence-electron chi connectivity index (χ1n) is 7.30. The van der Waals surface area contributed by atoms with Crippen LogP contribution in [0, 0.1) is 0 Å². The van der Waals surface area contributed by atoms with Crippen molar-refractivity contribution in [3.05, 3.63) is 64.5 Å². The van der Waals surface area contributed by atoms with Gasteiger partial charge in [-0.3, -0.25) is 4.98 Å². The van der Waals surface area contributed by atoms with Crippen LogP contribution in [0.25, 0.3) is 10.9 Å². The number of carbonyl (C=O) groups is 1. The maximum atomic E-state index is 11.9. The number of benzene rings is 1. The van der Waals surface area contributed by atoms with Crippen LogP contribution in [0.3, 0.4) is 0 Å². The van der Waals surface area contributed by atoms with E-state index in [4.69, 9.17) is 0 Å². The van der Waals surface area contributed by atoms with Gasteiger partial charge in [0.05, 0.1) is 12.1 Å². The first-order valence-corrected chi connectivity index (χ1v) is 8.18. The summed E-state index contributed by atoms with van der Waals surface area (Å²) >= 11 is 1.46. The second-order valence-electron chi connectivity index (χ2n) is 5.09. The molecule has 3 rings (SSSR count). The minimum atomic E-state index is -0.681. The highest BCUT2D eigenvalue weighted by molar-refractivity contribution is 7.10. The molecule has 0 spiro atoms. The molecule has 3 aromatic rings. The van der Waals surface area contributed by atoms with Gasteiger partial charge in [-0.1, -0.05) is 30.3 Å². The molecule has 6 heteroatoms. The SMILES string of the molecule is O=C(NCc1cccc2cccnc12)NC[C@H](O)c1cccs1. The average molecular weight is 327 g/mol. The molecule has 5 nitrogen and oxygen atoms in total. The Balaban J connectivity index is 1.54. The number of hydrogen-bond donors (Lipinski definition) is 3. The standard InChI is InChI=1S/C17H17N3O2S/c21-14(15-7-3-9-23-15)11-20-17(22)19-10-13-5-1-4-12-6-2-8-18-16(12)13/h1-9,14,21H,10-11H2,(H2,19,20,22)/t14-/m0/s1. The Morgan fingerprint density at radius 2 is 2.04 bits per heavy atom. The minimum absolute atomic E-state index is 0.181. The van der Waals surface area contributed by atoms with Crippen LogP contribution in [0.1, 0.15) is 16.5 Å². The van der Waals surface area contributed by atoms with Crippen LogP contribution >= 0.6 is 11.3 Å². The molecule has 1 aromatic carbocycles. The van der Waals surface area contributed by atoms with Crippen LogP contribution in [0.15, 0.2) is 54.0 Å². The summed E-state index contributed by atoms with van der Waals surface area (Å²) in [5.74, 6) is 0. The Hall–Kier alpha value is -2.44. The predicted octanol–water partition coefficient (Wildman–Crippen LogP) is 2.83. The van der Waals surface area contributed by atoms with Crippen molar-refractivity contribution in [3.8, 4) is 0 Å². The molecule has 0 fully saturated rings. The third-order valence-electron chi connectivity index (χ3n) is 3.48. The zero-order chi connectivity index (χ0) is 16.1. The van der Waals surface area contributed by atoms with E-state index in [0.29, 0.717) is 6.54 Å². The summed E-state index contributed by atoms with van der Waals surface area (Å²) in [5.41, 5.74) is 1.84. The van der Waals surface area contributed by atoms with Crippen LogP contribution in [0.4, 0.5) is 4.79 Å². The van der Waals surface area contributed by atoms with Gasteiger partial charge in [-0.15, -0.1) is 11.3 Å². The molecule has 1 atom stereocenters. The molecule has 118 valence electrons. The lowest BCUT2D eigenvalue weighted by Gasteiger charge is -2.12. The minimum Gasteiger partial charge on any atom is -0.386 e. The van der Waals surface area contributed by atoms with Gasteiger partial charge in [0.25, 0.3) is 0 Å². The number of urea groups is 1. The fraction of sp³-hybridized carbons (Fsp3) is 0.176. The average Bonchev–Trinajstić information content (AvgIpc) is 3.12. The smallest absolute Gasteiger partial charge is 0.315 e. The van der Waals surface area contributed by atoms with E-state index in [0.717, 1.165) is 21.3 Å². The number of carbonyl (C=O) groups excluding carboxylic acids is 1. The maximum absolute atomic E-state index is 11.9. The van der Waals surface area contributed by atoms with Crippen molar-refractivity contribution in [2.45, 2.75) is 12.6 Å². The van der Waals surface area contributed by atoms with E-state index in [2.05, 4.69) is 15.6 Å². The summed E-state index contributed by atoms with van der Waals surface area (Å²) in [6.45, 7) is 0.565. The molecular weight excluding hydrogens is 310 g/mol. The number of nitrogens with zero attached hydrogens (tertiary/aromatic N) is 1. The van der Waals surface area contributed by atoms with Crippen LogP contribution < -0.4 is 10.6 Å². The molecule has 0 aliphatic carbocycles. The van der Waals surface area contributed by atoms with E-state index in [-0.39, 0.29) is 12.6 Å². The third kappa shape index (κ3) is 3.85. The van der Waals surface area contributed by atoms with E-state index >= 15 is 0 Å². The van der Waals surface area contributed by atoms with Crippen molar-refractivity contribution < 1.29 is 9.90 Å². The Kier molecular flexibility index (Phi) is 4.85. The van der Waals surface area contributed by atoms with Crippen molar-refractivity contribution in [1.82, 2.24) is 15.6 Å². The number of thiophene rings is 1. The van der Waals surface area contributed by atoms with Gasteiger partial charge < -0.3 is 15.7 Å². The molecule has 2 amide bonds. The highest BCUT2D eigenvalue weighted by Gasteiger charge is 2.10. The van der Waals surface area contributed by atoms with E-state index in [1.54, 1.807) is 6.20 Å². The lowest BCUT2D eigenvalue weighted by Crippen LogP contribution is -2.37. The molecule has 0 saturated carbocycles. The van der Waals surface area contributed by atoms with Crippen molar-refractivity contribution in [2.75, 3.05) is 6.54 Å². The quantitative estimate of drug-likeness (QED) is 0.674. The van der Waals surface area contributed by atoms with Crippen LogP contribution in [0.5, 0.6) is 0 Å². The van der Waals surface area contributed by atoms with Crippen molar-refractivity contribution >= 4 is 28.3 Å². The molecule has 3 N–H and O–H groups in total. The van der Waals surface area contributed by atoms with Crippen LogP contribution in [-0.2, 0) is 6.54 Å². The molecular formula is C17H17N3O2S. The molecule has 0 radical (unpaired) electrons. The van der Waals surface area contributed by atoms with Gasteiger partial charge in [-0.05, 0) is 23.1 Å². The zero-order valence-corrected chi connectivity index (χ0v) is 13.2. The van der Waals surface area contributed by atoms with Crippen molar-refractivity contribution in [2.24, 2.45) is 0 Å². The monoisotopic (exact) mass is 327 g/mol. The van der Waals surface area contributed by atoms with Crippen LogP contribution in [0.2, 0.25) is 0 Å². The molecule has 0 bridgehead atoms. The van der Waals surface area contributed by atoms with Gasteiger partial charge in [0, 0.05) is 23.0 Å². The molecule has 23 heavy (non-hydrogen) atoms. The second kappa shape index (κ2) is 7.21. The molecule has 0 aliphatic heterocycles. The van der Waals surface area contributed by atoms with Crippen molar-refractivity contribution in [1.29, 1.82) is 0 Å². The number of hydrogen-bond acceptors (Lipinski definition) is 4. The summed E-state index contributed by atoms with van der Waals surface area (Å²) in [5, 5.41) is 18.3. The first kappa shape index (κ1) is 15.5. The number of fused-ring (bicyclic) bond motifs is 1. The number of nitrogens with one attached hydrogen (secondary N) is 2. The normalized spacial score (nSPS) is 12.0.